The Morgan fingerprint density at radius 1 is 0.846 bits per heavy atom. The summed E-state index contributed by atoms with van der Waals surface area (Å²) in [4.78, 5) is 4.63. The average Bonchev–Trinajstić information content (AvgIpc) is 2.21. The first kappa shape index (κ1) is 8.49. The van der Waals surface area contributed by atoms with Gasteiger partial charge in [-0.3, -0.25) is 4.99 Å². The molecule has 1 heteroatoms. The van der Waals surface area contributed by atoms with Crippen molar-refractivity contribution < 1.29 is 0 Å². The van der Waals surface area contributed by atoms with Crippen molar-refractivity contribution in [3.05, 3.63) is 30.3 Å². The van der Waals surface area contributed by atoms with Gasteiger partial charge in [0.1, 0.15) is 0 Å². The Hall–Kier alpha value is -1.11. The number of hydrogen-bond donors (Lipinski definition) is 0. The quantitative estimate of drug-likeness (QED) is 0.613. The maximum atomic E-state index is 4.63. The molecule has 1 aromatic carbocycles. The molecule has 0 atom stereocenters. The third kappa shape index (κ3) is 2.41. The number of aliphatic imine (C=N–C) groups is 1. The molecule has 2 rings (SSSR count). The molecule has 0 amide bonds. The van der Waals surface area contributed by atoms with Gasteiger partial charge in [-0.15, -0.1) is 0 Å². The van der Waals surface area contributed by atoms with E-state index in [1.807, 2.05) is 18.2 Å². The van der Waals surface area contributed by atoms with Crippen LogP contribution >= 0.6 is 0 Å². The Balaban J connectivity index is 2.10. The van der Waals surface area contributed by atoms with Crippen molar-refractivity contribution >= 4 is 11.4 Å². The number of rotatable bonds is 1. The molecule has 13 heavy (non-hydrogen) atoms. The Morgan fingerprint density at radius 3 is 2.23 bits per heavy atom. The van der Waals surface area contributed by atoms with E-state index in [2.05, 4.69) is 17.1 Å². The van der Waals surface area contributed by atoms with E-state index in [0.717, 1.165) is 5.69 Å². The number of nitrogens with zero attached hydrogens (tertiary/aromatic N) is 1. The van der Waals surface area contributed by atoms with Crippen LogP contribution in [0.2, 0.25) is 0 Å². The maximum absolute atomic E-state index is 4.63. The summed E-state index contributed by atoms with van der Waals surface area (Å²) in [5, 5.41) is 0. The summed E-state index contributed by atoms with van der Waals surface area (Å²) >= 11 is 0. The van der Waals surface area contributed by atoms with Crippen LogP contribution in [0.15, 0.2) is 35.3 Å². The number of benzene rings is 1. The van der Waals surface area contributed by atoms with Crippen molar-refractivity contribution in [2.75, 3.05) is 0 Å². The van der Waals surface area contributed by atoms with Gasteiger partial charge in [0.25, 0.3) is 0 Å². The van der Waals surface area contributed by atoms with Crippen molar-refractivity contribution in [2.45, 2.75) is 32.1 Å². The summed E-state index contributed by atoms with van der Waals surface area (Å²) in [5.74, 6) is 0. The van der Waals surface area contributed by atoms with Gasteiger partial charge in [0, 0.05) is 5.71 Å². The molecule has 0 saturated heterocycles. The standard InChI is InChI=1S/C12H15N/c1-3-7-11(8-4-1)13-12-9-5-2-6-10-12/h1,3-4,7-8H,2,5-6,9-10H2. The molecule has 1 aliphatic rings. The second kappa shape index (κ2) is 4.22. The molecule has 1 aliphatic carbocycles. The van der Waals surface area contributed by atoms with Crippen LogP contribution in [-0.2, 0) is 0 Å². The predicted molar refractivity (Wildman–Crippen MR) is 56.6 cm³/mol. The number of hydrogen-bond acceptors (Lipinski definition) is 1. The summed E-state index contributed by atoms with van der Waals surface area (Å²) in [6.07, 6.45) is 6.44. The molecular weight excluding hydrogens is 158 g/mol. The van der Waals surface area contributed by atoms with Gasteiger partial charge in [-0.1, -0.05) is 24.6 Å². The van der Waals surface area contributed by atoms with Gasteiger partial charge < -0.3 is 0 Å². The highest BCUT2D eigenvalue weighted by molar-refractivity contribution is 5.87. The minimum atomic E-state index is 1.11. The smallest absolute Gasteiger partial charge is 0.0629 e. The molecule has 1 saturated carbocycles. The monoisotopic (exact) mass is 173 g/mol. The van der Waals surface area contributed by atoms with Crippen LogP contribution in [0.3, 0.4) is 0 Å². The summed E-state index contributed by atoms with van der Waals surface area (Å²) < 4.78 is 0. The summed E-state index contributed by atoms with van der Waals surface area (Å²) in [5.41, 5.74) is 2.50. The van der Waals surface area contributed by atoms with Gasteiger partial charge in [0.15, 0.2) is 0 Å². The first-order valence-electron chi connectivity index (χ1n) is 5.07. The highest BCUT2D eigenvalue weighted by Gasteiger charge is 2.05. The van der Waals surface area contributed by atoms with Gasteiger partial charge in [-0.05, 0) is 37.8 Å². The van der Waals surface area contributed by atoms with Crippen LogP contribution in [0.1, 0.15) is 32.1 Å². The molecule has 68 valence electrons. The van der Waals surface area contributed by atoms with E-state index in [9.17, 15) is 0 Å². The third-order valence-corrected chi connectivity index (χ3v) is 2.47. The minimum absolute atomic E-state index is 1.11. The second-order valence-corrected chi connectivity index (χ2v) is 3.57. The lowest BCUT2D eigenvalue weighted by atomic mass is 9.98. The van der Waals surface area contributed by atoms with Crippen molar-refractivity contribution in [1.29, 1.82) is 0 Å². The zero-order valence-electron chi connectivity index (χ0n) is 7.87. The van der Waals surface area contributed by atoms with E-state index in [-0.39, 0.29) is 0 Å². The van der Waals surface area contributed by atoms with E-state index in [0.29, 0.717) is 0 Å². The third-order valence-electron chi connectivity index (χ3n) is 2.47. The normalized spacial score (nSPS) is 17.1. The lowest BCUT2D eigenvalue weighted by Gasteiger charge is -2.11. The summed E-state index contributed by atoms with van der Waals surface area (Å²) in [6.45, 7) is 0. The Morgan fingerprint density at radius 2 is 1.54 bits per heavy atom. The molecule has 1 aromatic rings. The minimum Gasteiger partial charge on any atom is -0.258 e. The van der Waals surface area contributed by atoms with Crippen LogP contribution in [0.4, 0.5) is 5.69 Å². The Labute approximate surface area is 79.5 Å². The highest BCUT2D eigenvalue weighted by Crippen LogP contribution is 2.19. The second-order valence-electron chi connectivity index (χ2n) is 3.57. The fraction of sp³-hybridized carbons (Fsp3) is 0.417. The van der Waals surface area contributed by atoms with Gasteiger partial charge in [-0.2, -0.15) is 0 Å². The fourth-order valence-electron chi connectivity index (χ4n) is 1.76. The molecule has 1 nitrogen and oxygen atoms in total. The van der Waals surface area contributed by atoms with Crippen LogP contribution in [0, 0.1) is 0 Å². The summed E-state index contributed by atoms with van der Waals surface area (Å²) in [6, 6.07) is 10.3. The van der Waals surface area contributed by atoms with Crippen LogP contribution in [-0.4, -0.2) is 5.71 Å². The van der Waals surface area contributed by atoms with E-state index in [1.54, 1.807) is 0 Å². The van der Waals surface area contributed by atoms with Crippen LogP contribution in [0.5, 0.6) is 0 Å². The molecule has 0 bridgehead atoms. The molecule has 0 aliphatic heterocycles. The molecule has 0 unspecified atom stereocenters. The fourth-order valence-corrected chi connectivity index (χ4v) is 1.76. The average molecular weight is 173 g/mol. The van der Waals surface area contributed by atoms with Crippen LogP contribution in [0.25, 0.3) is 0 Å². The zero-order chi connectivity index (χ0) is 8.93. The molecule has 0 spiro atoms. The highest BCUT2D eigenvalue weighted by atomic mass is 14.7. The Bertz CT molecular complexity index is 279. The van der Waals surface area contributed by atoms with E-state index >= 15 is 0 Å². The zero-order valence-corrected chi connectivity index (χ0v) is 7.87. The van der Waals surface area contributed by atoms with Crippen molar-refractivity contribution in [3.63, 3.8) is 0 Å². The molecular formula is C12H15N. The van der Waals surface area contributed by atoms with Crippen molar-refractivity contribution in [3.8, 4) is 0 Å². The topological polar surface area (TPSA) is 12.4 Å². The van der Waals surface area contributed by atoms with Crippen LogP contribution < -0.4 is 0 Å². The van der Waals surface area contributed by atoms with Crippen molar-refractivity contribution in [1.82, 2.24) is 0 Å². The van der Waals surface area contributed by atoms with E-state index in [1.165, 1.54) is 37.8 Å². The predicted octanol–water partition coefficient (Wildman–Crippen LogP) is 3.72. The van der Waals surface area contributed by atoms with E-state index in [4.69, 9.17) is 0 Å². The molecule has 0 N–H and O–H groups in total. The van der Waals surface area contributed by atoms with Gasteiger partial charge in [0.05, 0.1) is 5.69 Å². The van der Waals surface area contributed by atoms with Gasteiger partial charge >= 0.3 is 0 Å². The lowest BCUT2D eigenvalue weighted by molar-refractivity contribution is 0.667. The maximum Gasteiger partial charge on any atom is 0.0629 e. The molecule has 0 aromatic heterocycles. The van der Waals surface area contributed by atoms with E-state index < -0.39 is 0 Å². The first-order chi connectivity index (χ1) is 6.45. The Kier molecular flexibility index (Phi) is 2.75. The van der Waals surface area contributed by atoms with Gasteiger partial charge in [-0.25, -0.2) is 0 Å². The first-order valence-corrected chi connectivity index (χ1v) is 5.07. The molecule has 0 heterocycles. The summed E-state index contributed by atoms with van der Waals surface area (Å²) in [7, 11) is 0. The largest absolute Gasteiger partial charge is 0.258 e. The van der Waals surface area contributed by atoms with Crippen molar-refractivity contribution in [2.24, 2.45) is 4.99 Å². The number of para-hydroxylation sites is 1. The lowest BCUT2D eigenvalue weighted by Crippen LogP contribution is -2.03. The molecule has 1 fully saturated rings. The SMILES string of the molecule is c1ccc(N=C2CCCCC2)cc1. The molecule has 0 radical (unpaired) electrons. The van der Waals surface area contributed by atoms with Gasteiger partial charge in [0.2, 0.25) is 0 Å².